The van der Waals surface area contributed by atoms with Crippen LogP contribution in [-0.4, -0.2) is 46.1 Å². The second-order valence-electron chi connectivity index (χ2n) is 7.64. The number of hydrogen-bond donors (Lipinski definition) is 2. The molecule has 1 aliphatic heterocycles. The molecule has 7 nitrogen and oxygen atoms in total. The first-order valence-electron chi connectivity index (χ1n) is 10.4. The van der Waals surface area contributed by atoms with Crippen LogP contribution in [0.15, 0.2) is 48.5 Å². The highest BCUT2D eigenvalue weighted by molar-refractivity contribution is 7.13. The summed E-state index contributed by atoms with van der Waals surface area (Å²) in [7, 11) is 0. The summed E-state index contributed by atoms with van der Waals surface area (Å²) in [4.78, 5) is 39.7. The van der Waals surface area contributed by atoms with Crippen molar-refractivity contribution in [3.05, 3.63) is 59.8 Å². The first kappa shape index (κ1) is 21.0. The number of nitrogens with one attached hydrogen (secondary N) is 2. The van der Waals surface area contributed by atoms with Gasteiger partial charge in [0.05, 0.1) is 4.70 Å². The number of aromatic nitrogens is 1. The van der Waals surface area contributed by atoms with Crippen LogP contribution in [0.5, 0.6) is 0 Å². The molecule has 1 aliphatic rings. The van der Waals surface area contributed by atoms with Gasteiger partial charge in [0.25, 0.3) is 11.8 Å². The second kappa shape index (κ2) is 9.26. The number of carbonyl (C=O) groups is 3. The molecule has 0 saturated carbocycles. The van der Waals surface area contributed by atoms with Gasteiger partial charge in [0.15, 0.2) is 0 Å². The van der Waals surface area contributed by atoms with E-state index in [-0.39, 0.29) is 17.7 Å². The molecule has 0 spiro atoms. The molecule has 1 fully saturated rings. The van der Waals surface area contributed by atoms with E-state index >= 15 is 0 Å². The van der Waals surface area contributed by atoms with Gasteiger partial charge >= 0.3 is 0 Å². The maximum Gasteiger partial charge on any atom is 0.276 e. The van der Waals surface area contributed by atoms with Crippen LogP contribution < -0.4 is 10.6 Å². The van der Waals surface area contributed by atoms with E-state index < -0.39 is 6.04 Å². The van der Waals surface area contributed by atoms with Crippen LogP contribution >= 0.6 is 11.5 Å². The van der Waals surface area contributed by atoms with E-state index in [1.165, 1.54) is 11.5 Å². The lowest BCUT2D eigenvalue weighted by Crippen LogP contribution is -2.48. The van der Waals surface area contributed by atoms with E-state index in [0.717, 1.165) is 42.4 Å². The Kier molecular flexibility index (Phi) is 6.27. The smallest absolute Gasteiger partial charge is 0.276 e. The highest BCUT2D eigenvalue weighted by atomic mass is 32.1. The first-order chi connectivity index (χ1) is 15.0. The third-order valence-electron chi connectivity index (χ3n) is 5.36. The lowest BCUT2D eigenvalue weighted by Gasteiger charge is -2.29. The van der Waals surface area contributed by atoms with Gasteiger partial charge in [0.2, 0.25) is 5.91 Å². The molecule has 3 aromatic rings. The van der Waals surface area contributed by atoms with Gasteiger partial charge in [-0.1, -0.05) is 24.3 Å². The highest BCUT2D eigenvalue weighted by Gasteiger charge is 2.24. The maximum absolute atomic E-state index is 12.7. The Balaban J connectivity index is 1.42. The summed E-state index contributed by atoms with van der Waals surface area (Å²) in [5, 5.41) is 6.38. The predicted octanol–water partition coefficient (Wildman–Crippen LogP) is 3.68. The van der Waals surface area contributed by atoms with Crippen molar-refractivity contribution in [2.45, 2.75) is 32.2 Å². The average molecular weight is 437 g/mol. The lowest BCUT2D eigenvalue weighted by molar-refractivity contribution is -0.133. The molecule has 3 amide bonds. The van der Waals surface area contributed by atoms with Gasteiger partial charge in [-0.15, -0.1) is 0 Å². The minimum atomic E-state index is -0.606. The molecule has 160 valence electrons. The Labute approximate surface area is 184 Å². The summed E-state index contributed by atoms with van der Waals surface area (Å²) in [5.41, 5.74) is 1.22. The molecule has 2 aromatic carbocycles. The minimum absolute atomic E-state index is 0.0621. The number of carbonyl (C=O) groups excluding carboxylic acids is 3. The van der Waals surface area contributed by atoms with Gasteiger partial charge in [-0.25, -0.2) is 0 Å². The van der Waals surface area contributed by atoms with Crippen molar-refractivity contribution in [2.75, 3.05) is 18.4 Å². The van der Waals surface area contributed by atoms with Crippen molar-refractivity contribution in [3.63, 3.8) is 0 Å². The molecule has 2 N–H and O–H groups in total. The maximum atomic E-state index is 12.7. The summed E-state index contributed by atoms with van der Waals surface area (Å²) in [6.45, 7) is 3.19. The Bertz CT molecular complexity index is 1120. The normalized spacial score (nSPS) is 14.8. The van der Waals surface area contributed by atoms with E-state index in [4.69, 9.17) is 0 Å². The third kappa shape index (κ3) is 4.74. The number of benzene rings is 2. The number of amides is 3. The van der Waals surface area contributed by atoms with Crippen molar-refractivity contribution in [2.24, 2.45) is 0 Å². The number of anilines is 1. The molecular weight excluding hydrogens is 412 g/mol. The van der Waals surface area contributed by atoms with Crippen molar-refractivity contribution in [3.8, 4) is 0 Å². The number of likely N-dealkylation sites (tertiary alicyclic amines) is 1. The highest BCUT2D eigenvalue weighted by Crippen LogP contribution is 2.23. The van der Waals surface area contributed by atoms with Gasteiger partial charge in [-0.2, -0.15) is 4.37 Å². The van der Waals surface area contributed by atoms with Gasteiger partial charge in [0.1, 0.15) is 11.7 Å². The fourth-order valence-corrected chi connectivity index (χ4v) is 4.48. The summed E-state index contributed by atoms with van der Waals surface area (Å²) < 4.78 is 5.20. The molecular formula is C23H24N4O3S. The molecule has 1 atom stereocenters. The summed E-state index contributed by atoms with van der Waals surface area (Å²) in [5.74, 6) is -0.746. The fourth-order valence-electron chi connectivity index (χ4n) is 3.71. The van der Waals surface area contributed by atoms with Crippen molar-refractivity contribution < 1.29 is 14.4 Å². The van der Waals surface area contributed by atoms with E-state index in [2.05, 4.69) is 15.0 Å². The number of hydrogen-bond acceptors (Lipinski definition) is 5. The molecule has 1 aromatic heterocycles. The third-order valence-corrected chi connectivity index (χ3v) is 6.19. The number of fused-ring (bicyclic) bond motifs is 1. The molecule has 0 bridgehead atoms. The van der Waals surface area contributed by atoms with Crippen LogP contribution in [0.3, 0.4) is 0 Å². The van der Waals surface area contributed by atoms with E-state index in [0.29, 0.717) is 16.9 Å². The SMILES string of the molecule is CC(NC(=O)c1cccc(NC(=O)c2nsc3ccccc23)c1)C(=O)N1CCCCC1. The standard InChI is InChI=1S/C23H24N4O3S/c1-15(23(30)27-12-5-2-6-13-27)24-21(28)16-8-7-9-17(14-16)25-22(29)20-18-10-3-4-11-19(18)31-26-20/h3-4,7-11,14-15H,2,5-6,12-13H2,1H3,(H,24,28)(H,25,29). The minimum Gasteiger partial charge on any atom is -0.341 e. The zero-order chi connectivity index (χ0) is 21.8. The quantitative estimate of drug-likeness (QED) is 0.638. The largest absolute Gasteiger partial charge is 0.341 e. The van der Waals surface area contributed by atoms with E-state index in [9.17, 15) is 14.4 Å². The fraction of sp³-hybridized carbons (Fsp3) is 0.304. The zero-order valence-electron chi connectivity index (χ0n) is 17.3. The van der Waals surface area contributed by atoms with Crippen LogP contribution in [0.1, 0.15) is 47.0 Å². The predicted molar refractivity (Wildman–Crippen MR) is 121 cm³/mol. The van der Waals surface area contributed by atoms with Crippen molar-refractivity contribution >= 4 is 45.0 Å². The van der Waals surface area contributed by atoms with Crippen LogP contribution in [0.25, 0.3) is 10.1 Å². The number of nitrogens with zero attached hydrogens (tertiary/aromatic N) is 2. The molecule has 8 heteroatoms. The summed E-state index contributed by atoms with van der Waals surface area (Å²) in [6, 6.07) is 13.6. The van der Waals surface area contributed by atoms with Crippen molar-refractivity contribution in [1.29, 1.82) is 0 Å². The van der Waals surface area contributed by atoms with Crippen LogP contribution in [0, 0.1) is 0 Å². The lowest BCUT2D eigenvalue weighted by atomic mass is 10.1. The molecule has 2 heterocycles. The van der Waals surface area contributed by atoms with Gasteiger partial charge < -0.3 is 15.5 Å². The number of rotatable bonds is 5. The van der Waals surface area contributed by atoms with Crippen LogP contribution in [-0.2, 0) is 4.79 Å². The van der Waals surface area contributed by atoms with Crippen molar-refractivity contribution in [1.82, 2.24) is 14.6 Å². The Morgan fingerprint density at radius 2 is 1.77 bits per heavy atom. The van der Waals surface area contributed by atoms with Gasteiger partial charge in [0, 0.05) is 29.7 Å². The number of piperidine rings is 1. The first-order valence-corrected chi connectivity index (χ1v) is 11.2. The van der Waals surface area contributed by atoms with E-state index in [1.54, 1.807) is 31.2 Å². The molecule has 31 heavy (non-hydrogen) atoms. The Morgan fingerprint density at radius 1 is 1.00 bits per heavy atom. The van der Waals surface area contributed by atoms with Gasteiger partial charge in [-0.05, 0) is 62.0 Å². The van der Waals surface area contributed by atoms with E-state index in [1.807, 2.05) is 29.2 Å². The Hall–Kier alpha value is -3.26. The average Bonchev–Trinajstić information content (AvgIpc) is 3.23. The molecule has 0 radical (unpaired) electrons. The molecule has 1 unspecified atom stereocenters. The molecule has 0 aliphatic carbocycles. The van der Waals surface area contributed by atoms with Crippen LogP contribution in [0.2, 0.25) is 0 Å². The second-order valence-corrected chi connectivity index (χ2v) is 8.45. The zero-order valence-corrected chi connectivity index (χ0v) is 18.1. The Morgan fingerprint density at radius 3 is 2.58 bits per heavy atom. The molecule has 1 saturated heterocycles. The molecule has 4 rings (SSSR count). The summed E-state index contributed by atoms with van der Waals surface area (Å²) >= 11 is 1.27. The topological polar surface area (TPSA) is 91.4 Å². The van der Waals surface area contributed by atoms with Gasteiger partial charge in [-0.3, -0.25) is 14.4 Å². The van der Waals surface area contributed by atoms with Crippen LogP contribution in [0.4, 0.5) is 5.69 Å². The monoisotopic (exact) mass is 436 g/mol. The summed E-state index contributed by atoms with van der Waals surface area (Å²) in [6.07, 6.45) is 3.14.